The van der Waals surface area contributed by atoms with Crippen molar-refractivity contribution in [3.05, 3.63) is 101 Å². The minimum absolute atomic E-state index is 0.302. The Balaban J connectivity index is 1.78. The van der Waals surface area contributed by atoms with E-state index in [1.54, 1.807) is 44.3 Å². The number of anilines is 1. The van der Waals surface area contributed by atoms with Crippen molar-refractivity contribution in [1.29, 1.82) is 0 Å². The normalized spacial score (nSPS) is 11.9. The van der Waals surface area contributed by atoms with Gasteiger partial charge < -0.3 is 10.2 Å². The number of hydrogen-bond donors (Lipinski definition) is 1. The third-order valence-corrected chi connectivity index (χ3v) is 5.24. The standard InChI is InChI=1S/C24H20F2N4O2/c1-15(29(2)24(32)27-18-7-5-6-17(26)14-18)22-28-21-9-4-3-8-20(21)23(31)30(22)19-12-10-16(25)11-13-19/h3-15H,1-2H3,(H,27,32). The Morgan fingerprint density at radius 3 is 2.44 bits per heavy atom. The maximum Gasteiger partial charge on any atom is 0.322 e. The van der Waals surface area contributed by atoms with Gasteiger partial charge in [-0.15, -0.1) is 0 Å². The fraction of sp³-hybridized carbons (Fsp3) is 0.125. The van der Waals surface area contributed by atoms with Crippen molar-refractivity contribution in [1.82, 2.24) is 14.5 Å². The van der Waals surface area contributed by atoms with Crippen LogP contribution in [-0.4, -0.2) is 27.5 Å². The van der Waals surface area contributed by atoms with E-state index in [4.69, 9.17) is 0 Å². The SMILES string of the molecule is CC(c1nc2ccccc2c(=O)n1-c1ccc(F)cc1)N(C)C(=O)Nc1cccc(F)c1. The summed E-state index contributed by atoms with van der Waals surface area (Å²) in [6.45, 7) is 1.72. The number of para-hydroxylation sites is 1. The van der Waals surface area contributed by atoms with Crippen molar-refractivity contribution in [2.75, 3.05) is 12.4 Å². The van der Waals surface area contributed by atoms with E-state index in [2.05, 4.69) is 10.3 Å². The van der Waals surface area contributed by atoms with Crippen molar-refractivity contribution in [3.8, 4) is 5.69 Å². The Labute approximate surface area is 182 Å². The highest BCUT2D eigenvalue weighted by Gasteiger charge is 2.24. The molecule has 0 saturated carbocycles. The van der Waals surface area contributed by atoms with E-state index in [9.17, 15) is 18.4 Å². The van der Waals surface area contributed by atoms with Gasteiger partial charge in [0.2, 0.25) is 0 Å². The average molecular weight is 434 g/mol. The molecule has 162 valence electrons. The molecule has 1 atom stereocenters. The van der Waals surface area contributed by atoms with Crippen LogP contribution in [0, 0.1) is 11.6 Å². The predicted octanol–water partition coefficient (Wildman–Crippen LogP) is 4.89. The fourth-order valence-corrected chi connectivity index (χ4v) is 3.40. The van der Waals surface area contributed by atoms with Crippen LogP contribution in [-0.2, 0) is 0 Å². The number of urea groups is 1. The van der Waals surface area contributed by atoms with Gasteiger partial charge in [0.25, 0.3) is 5.56 Å². The van der Waals surface area contributed by atoms with Crippen LogP contribution in [0.5, 0.6) is 0 Å². The molecule has 1 N–H and O–H groups in total. The number of aromatic nitrogens is 2. The number of fused-ring (bicyclic) bond motifs is 1. The highest BCUT2D eigenvalue weighted by atomic mass is 19.1. The van der Waals surface area contributed by atoms with E-state index in [-0.39, 0.29) is 5.56 Å². The van der Waals surface area contributed by atoms with Gasteiger partial charge in [-0.25, -0.2) is 18.6 Å². The van der Waals surface area contributed by atoms with E-state index in [1.807, 2.05) is 0 Å². The van der Waals surface area contributed by atoms with Gasteiger partial charge in [-0.2, -0.15) is 0 Å². The van der Waals surface area contributed by atoms with E-state index in [1.165, 1.54) is 51.9 Å². The van der Waals surface area contributed by atoms with Gasteiger partial charge in [-0.3, -0.25) is 9.36 Å². The molecule has 3 aromatic carbocycles. The molecule has 0 fully saturated rings. The third-order valence-electron chi connectivity index (χ3n) is 5.24. The van der Waals surface area contributed by atoms with Gasteiger partial charge in [0.1, 0.15) is 17.5 Å². The zero-order valence-corrected chi connectivity index (χ0v) is 17.4. The minimum atomic E-state index is -0.647. The summed E-state index contributed by atoms with van der Waals surface area (Å²) in [6, 6.07) is 16.8. The van der Waals surface area contributed by atoms with E-state index >= 15 is 0 Å². The zero-order valence-electron chi connectivity index (χ0n) is 17.4. The number of carbonyl (C=O) groups is 1. The van der Waals surface area contributed by atoms with Crippen LogP contribution in [0.4, 0.5) is 19.3 Å². The minimum Gasteiger partial charge on any atom is -0.318 e. The van der Waals surface area contributed by atoms with Crippen LogP contribution >= 0.6 is 0 Å². The van der Waals surface area contributed by atoms with Gasteiger partial charge in [-0.1, -0.05) is 18.2 Å². The van der Waals surface area contributed by atoms with E-state index < -0.39 is 23.7 Å². The lowest BCUT2D eigenvalue weighted by Crippen LogP contribution is -2.37. The molecule has 4 rings (SSSR count). The van der Waals surface area contributed by atoms with Crippen LogP contribution in [0.1, 0.15) is 18.8 Å². The van der Waals surface area contributed by atoms with Crippen molar-refractivity contribution >= 4 is 22.6 Å². The number of nitrogens with zero attached hydrogens (tertiary/aromatic N) is 3. The summed E-state index contributed by atoms with van der Waals surface area (Å²) in [4.78, 5) is 32.1. The second-order valence-corrected chi connectivity index (χ2v) is 7.33. The van der Waals surface area contributed by atoms with E-state index in [0.717, 1.165) is 0 Å². The molecule has 1 heterocycles. The van der Waals surface area contributed by atoms with Crippen molar-refractivity contribution in [3.63, 3.8) is 0 Å². The molecule has 0 saturated heterocycles. The molecule has 0 aliphatic rings. The zero-order chi connectivity index (χ0) is 22.8. The quantitative estimate of drug-likeness (QED) is 0.497. The van der Waals surface area contributed by atoms with Crippen molar-refractivity contribution in [2.24, 2.45) is 0 Å². The van der Waals surface area contributed by atoms with Gasteiger partial charge in [-0.05, 0) is 61.5 Å². The first-order valence-electron chi connectivity index (χ1n) is 9.92. The lowest BCUT2D eigenvalue weighted by Gasteiger charge is -2.27. The number of nitrogens with one attached hydrogen (secondary N) is 1. The molecule has 2 amide bonds. The van der Waals surface area contributed by atoms with Gasteiger partial charge in [0.05, 0.1) is 22.6 Å². The molecule has 6 nitrogen and oxygen atoms in total. The van der Waals surface area contributed by atoms with Crippen LogP contribution in [0.25, 0.3) is 16.6 Å². The van der Waals surface area contributed by atoms with Gasteiger partial charge >= 0.3 is 6.03 Å². The number of hydrogen-bond acceptors (Lipinski definition) is 3. The molecule has 0 radical (unpaired) electrons. The summed E-state index contributed by atoms with van der Waals surface area (Å²) in [5.74, 6) is -0.603. The summed E-state index contributed by atoms with van der Waals surface area (Å²) in [5.41, 5.74) is 0.881. The smallest absolute Gasteiger partial charge is 0.318 e. The summed E-state index contributed by atoms with van der Waals surface area (Å²) in [6.07, 6.45) is 0. The number of benzene rings is 3. The number of carbonyl (C=O) groups excluding carboxylic acids is 1. The summed E-state index contributed by atoms with van der Waals surface area (Å²) in [7, 11) is 1.55. The molecule has 32 heavy (non-hydrogen) atoms. The molecule has 0 aliphatic carbocycles. The van der Waals surface area contributed by atoms with Gasteiger partial charge in [0.15, 0.2) is 0 Å². The topological polar surface area (TPSA) is 67.2 Å². The largest absolute Gasteiger partial charge is 0.322 e. The molecule has 0 spiro atoms. The second kappa shape index (κ2) is 8.58. The second-order valence-electron chi connectivity index (χ2n) is 7.33. The van der Waals surface area contributed by atoms with Crippen LogP contribution in [0.15, 0.2) is 77.6 Å². The Bertz CT molecular complexity index is 1350. The van der Waals surface area contributed by atoms with Crippen LogP contribution in [0.2, 0.25) is 0 Å². The maximum absolute atomic E-state index is 13.5. The Kier molecular flexibility index (Phi) is 5.68. The lowest BCUT2D eigenvalue weighted by atomic mass is 10.2. The average Bonchev–Trinajstić information content (AvgIpc) is 2.79. The molecule has 4 aromatic rings. The maximum atomic E-state index is 13.5. The molecule has 8 heteroatoms. The van der Waals surface area contributed by atoms with Crippen LogP contribution < -0.4 is 10.9 Å². The fourth-order valence-electron chi connectivity index (χ4n) is 3.40. The van der Waals surface area contributed by atoms with E-state index in [0.29, 0.717) is 28.1 Å². The first-order chi connectivity index (χ1) is 15.3. The summed E-state index contributed by atoms with van der Waals surface area (Å²) in [5, 5.41) is 3.04. The first-order valence-corrected chi connectivity index (χ1v) is 9.92. The first kappa shape index (κ1) is 21.2. The molecule has 0 aliphatic heterocycles. The summed E-state index contributed by atoms with van der Waals surface area (Å²) >= 11 is 0. The molecule has 1 unspecified atom stereocenters. The van der Waals surface area contributed by atoms with Crippen molar-refractivity contribution < 1.29 is 13.6 Å². The number of amides is 2. The highest BCUT2D eigenvalue weighted by Crippen LogP contribution is 2.23. The predicted molar refractivity (Wildman–Crippen MR) is 119 cm³/mol. The highest BCUT2D eigenvalue weighted by molar-refractivity contribution is 5.89. The lowest BCUT2D eigenvalue weighted by molar-refractivity contribution is 0.205. The molecule has 1 aromatic heterocycles. The van der Waals surface area contributed by atoms with Gasteiger partial charge in [0, 0.05) is 12.7 Å². The van der Waals surface area contributed by atoms with Crippen molar-refractivity contribution in [2.45, 2.75) is 13.0 Å². The molecule has 0 bridgehead atoms. The number of halogens is 2. The Morgan fingerprint density at radius 2 is 1.72 bits per heavy atom. The molecular weight excluding hydrogens is 414 g/mol. The monoisotopic (exact) mass is 434 g/mol. The summed E-state index contributed by atoms with van der Waals surface area (Å²) < 4.78 is 28.3. The van der Waals surface area contributed by atoms with Crippen LogP contribution in [0.3, 0.4) is 0 Å². The third kappa shape index (κ3) is 4.07. The molecular formula is C24H20F2N4O2. The number of rotatable bonds is 4. The Morgan fingerprint density at radius 1 is 1.00 bits per heavy atom. The Hall–Kier alpha value is -4.07.